The zero-order valence-corrected chi connectivity index (χ0v) is 14.7. The van der Waals surface area contributed by atoms with Crippen LogP contribution in [0.1, 0.15) is 19.8 Å². The lowest BCUT2D eigenvalue weighted by Gasteiger charge is -2.16. The third-order valence-corrected chi connectivity index (χ3v) is 4.34. The molecule has 1 aliphatic rings. The van der Waals surface area contributed by atoms with Crippen molar-refractivity contribution in [2.45, 2.75) is 30.4 Å². The van der Waals surface area contributed by atoms with Crippen molar-refractivity contribution in [2.75, 3.05) is 18.4 Å². The summed E-state index contributed by atoms with van der Waals surface area (Å²) in [5, 5.41) is 2.39. The van der Waals surface area contributed by atoms with E-state index in [0.717, 1.165) is 11.3 Å². The number of urea groups is 1. The molecule has 140 valence electrons. The van der Waals surface area contributed by atoms with Crippen LogP contribution in [0.5, 0.6) is 0 Å². The molecule has 2 rings (SSSR count). The fraction of sp³-hybridized carbons (Fsp3) is 0.375. The number of amides is 5. The Hall–Kier alpha value is -2.49. The minimum Gasteiger partial charge on any atom is -0.324 e. The van der Waals surface area contributed by atoms with Gasteiger partial charge in [-0.05, 0) is 18.6 Å². The molecule has 1 N–H and O–H groups in total. The first-order valence-electron chi connectivity index (χ1n) is 7.86. The number of imide groups is 2. The summed E-state index contributed by atoms with van der Waals surface area (Å²) in [5.74, 6) is -5.47. The van der Waals surface area contributed by atoms with Gasteiger partial charge in [0, 0.05) is 11.4 Å². The van der Waals surface area contributed by atoms with Crippen LogP contribution in [0, 0.1) is 0 Å². The highest BCUT2D eigenvalue weighted by Crippen LogP contribution is 2.31. The minimum atomic E-state index is -2.67. The van der Waals surface area contributed by atoms with E-state index in [1.54, 1.807) is 6.07 Å². The molecule has 0 radical (unpaired) electrons. The first-order chi connectivity index (χ1) is 12.3. The van der Waals surface area contributed by atoms with E-state index in [1.165, 1.54) is 18.2 Å². The van der Waals surface area contributed by atoms with Crippen molar-refractivity contribution in [3.8, 4) is 0 Å². The molecule has 0 bridgehead atoms. The summed E-state index contributed by atoms with van der Waals surface area (Å²) in [6.45, 7) is 1.30. The van der Waals surface area contributed by atoms with Gasteiger partial charge in [0.1, 0.15) is 6.54 Å². The monoisotopic (exact) mass is 385 g/mol. The van der Waals surface area contributed by atoms with Crippen molar-refractivity contribution >= 4 is 41.2 Å². The average molecular weight is 385 g/mol. The van der Waals surface area contributed by atoms with Crippen LogP contribution < -0.4 is 5.32 Å². The standard InChI is InChI=1S/C16H17F2N3O4S/c1-2-3-8-20-13(23)14(24)21(16(20)25)9-12(22)19-10-6-4-5-7-11(10)26-15(17)18/h4-7,15H,2-3,8-9H2,1H3,(H,19,22). The maximum absolute atomic E-state index is 12.6. The van der Waals surface area contributed by atoms with Gasteiger partial charge < -0.3 is 5.32 Å². The van der Waals surface area contributed by atoms with Gasteiger partial charge in [-0.15, -0.1) is 0 Å². The predicted octanol–water partition coefficient (Wildman–Crippen LogP) is 2.53. The van der Waals surface area contributed by atoms with E-state index in [2.05, 4.69) is 5.32 Å². The van der Waals surface area contributed by atoms with E-state index in [4.69, 9.17) is 0 Å². The summed E-state index contributed by atoms with van der Waals surface area (Å²) < 4.78 is 25.1. The molecule has 1 saturated heterocycles. The lowest BCUT2D eigenvalue weighted by molar-refractivity contribution is -0.143. The SMILES string of the molecule is CCCCN1C(=O)C(=O)N(CC(=O)Nc2ccccc2SC(F)F)C1=O. The number of halogens is 2. The smallest absolute Gasteiger partial charge is 0.324 e. The maximum Gasteiger partial charge on any atom is 0.334 e. The number of anilines is 1. The van der Waals surface area contributed by atoms with Crippen LogP contribution in [-0.4, -0.2) is 52.4 Å². The average Bonchev–Trinajstić information content (AvgIpc) is 2.78. The fourth-order valence-corrected chi connectivity index (χ4v) is 2.90. The molecule has 26 heavy (non-hydrogen) atoms. The van der Waals surface area contributed by atoms with Gasteiger partial charge in [-0.3, -0.25) is 19.3 Å². The Morgan fingerprint density at radius 2 is 1.81 bits per heavy atom. The number of rotatable bonds is 8. The number of nitrogens with one attached hydrogen (secondary N) is 1. The lowest BCUT2D eigenvalue weighted by atomic mass is 10.3. The van der Waals surface area contributed by atoms with Crippen molar-refractivity contribution < 1.29 is 28.0 Å². The van der Waals surface area contributed by atoms with Crippen LogP contribution in [0.25, 0.3) is 0 Å². The number of carbonyl (C=O) groups excluding carboxylic acids is 4. The minimum absolute atomic E-state index is 0.103. The van der Waals surface area contributed by atoms with Crippen molar-refractivity contribution in [1.82, 2.24) is 9.80 Å². The van der Waals surface area contributed by atoms with Gasteiger partial charge in [0.15, 0.2) is 0 Å². The third kappa shape index (κ3) is 4.57. The molecule has 1 aliphatic heterocycles. The van der Waals surface area contributed by atoms with Crippen LogP contribution in [0.3, 0.4) is 0 Å². The lowest BCUT2D eigenvalue weighted by Crippen LogP contribution is -2.39. The van der Waals surface area contributed by atoms with Crippen molar-refractivity contribution in [3.63, 3.8) is 0 Å². The summed E-state index contributed by atoms with van der Waals surface area (Å²) in [6.07, 6.45) is 1.27. The van der Waals surface area contributed by atoms with Crippen LogP contribution >= 0.6 is 11.8 Å². The molecule has 0 saturated carbocycles. The molecule has 0 spiro atoms. The molecule has 0 unspecified atom stereocenters. The van der Waals surface area contributed by atoms with Crippen LogP contribution in [0.2, 0.25) is 0 Å². The van der Waals surface area contributed by atoms with Gasteiger partial charge in [-0.25, -0.2) is 9.69 Å². The number of unbranched alkanes of at least 4 members (excludes halogenated alkanes) is 1. The van der Waals surface area contributed by atoms with Crippen LogP contribution in [0.15, 0.2) is 29.2 Å². The quantitative estimate of drug-likeness (QED) is 0.422. The number of hydrogen-bond donors (Lipinski definition) is 1. The molecule has 1 aromatic rings. The first-order valence-corrected chi connectivity index (χ1v) is 8.74. The topological polar surface area (TPSA) is 86.8 Å². The Bertz CT molecular complexity index is 729. The normalized spacial score (nSPS) is 14.5. The Morgan fingerprint density at radius 3 is 2.46 bits per heavy atom. The fourth-order valence-electron chi connectivity index (χ4n) is 2.31. The van der Waals surface area contributed by atoms with Crippen molar-refractivity contribution in [1.29, 1.82) is 0 Å². The number of nitrogens with zero attached hydrogens (tertiary/aromatic N) is 2. The zero-order chi connectivity index (χ0) is 19.3. The predicted molar refractivity (Wildman–Crippen MR) is 90.7 cm³/mol. The summed E-state index contributed by atoms with van der Waals surface area (Å²) in [5.41, 5.74) is 0.135. The summed E-state index contributed by atoms with van der Waals surface area (Å²) in [4.78, 5) is 49.6. The summed E-state index contributed by atoms with van der Waals surface area (Å²) >= 11 is 0.263. The number of carbonyl (C=O) groups is 4. The molecular formula is C16H17F2N3O4S. The molecule has 1 heterocycles. The molecule has 0 aromatic heterocycles. The van der Waals surface area contributed by atoms with Crippen molar-refractivity contribution in [2.24, 2.45) is 0 Å². The Kier molecular flexibility index (Phi) is 6.67. The second-order valence-corrected chi connectivity index (χ2v) is 6.44. The second kappa shape index (κ2) is 8.75. The number of para-hydroxylation sites is 1. The van der Waals surface area contributed by atoms with Gasteiger partial charge in [0.2, 0.25) is 5.91 Å². The summed E-state index contributed by atoms with van der Waals surface area (Å²) in [7, 11) is 0. The van der Waals surface area contributed by atoms with Crippen LogP contribution in [-0.2, 0) is 14.4 Å². The molecule has 5 amide bonds. The highest BCUT2D eigenvalue weighted by Gasteiger charge is 2.44. The summed E-state index contributed by atoms with van der Waals surface area (Å²) in [6, 6.07) is 5.08. The highest BCUT2D eigenvalue weighted by atomic mass is 32.2. The Morgan fingerprint density at radius 1 is 1.15 bits per heavy atom. The Labute approximate surface area is 152 Å². The van der Waals surface area contributed by atoms with Gasteiger partial charge in [-0.1, -0.05) is 37.2 Å². The van der Waals surface area contributed by atoms with Gasteiger partial charge in [-0.2, -0.15) is 8.78 Å². The van der Waals surface area contributed by atoms with E-state index in [9.17, 15) is 28.0 Å². The molecule has 1 fully saturated rings. The molecular weight excluding hydrogens is 368 g/mol. The molecule has 1 aromatic carbocycles. The van der Waals surface area contributed by atoms with E-state index in [0.29, 0.717) is 11.3 Å². The highest BCUT2D eigenvalue weighted by molar-refractivity contribution is 7.99. The zero-order valence-electron chi connectivity index (χ0n) is 13.9. The number of hydrogen-bond acceptors (Lipinski definition) is 5. The number of alkyl halides is 2. The van der Waals surface area contributed by atoms with E-state index in [1.807, 2.05) is 6.92 Å². The van der Waals surface area contributed by atoms with Crippen LogP contribution in [0.4, 0.5) is 19.3 Å². The largest absolute Gasteiger partial charge is 0.334 e. The maximum atomic E-state index is 12.6. The number of benzene rings is 1. The van der Waals surface area contributed by atoms with E-state index < -0.39 is 36.1 Å². The molecule has 0 aliphatic carbocycles. The second-order valence-electron chi connectivity index (χ2n) is 5.41. The van der Waals surface area contributed by atoms with E-state index >= 15 is 0 Å². The molecule has 7 nitrogen and oxygen atoms in total. The van der Waals surface area contributed by atoms with Gasteiger partial charge >= 0.3 is 17.8 Å². The van der Waals surface area contributed by atoms with Gasteiger partial charge in [0.25, 0.3) is 5.76 Å². The van der Waals surface area contributed by atoms with Crippen molar-refractivity contribution in [3.05, 3.63) is 24.3 Å². The Balaban J connectivity index is 2.05. The van der Waals surface area contributed by atoms with Gasteiger partial charge in [0.05, 0.1) is 5.69 Å². The molecule has 0 atom stereocenters. The molecule has 10 heteroatoms. The third-order valence-electron chi connectivity index (χ3n) is 3.55. The number of thioether (sulfide) groups is 1. The van der Waals surface area contributed by atoms with E-state index in [-0.39, 0.29) is 28.9 Å². The first kappa shape index (κ1) is 19.8.